The van der Waals surface area contributed by atoms with Crippen LogP contribution < -0.4 is 16.4 Å². The fourth-order valence-corrected chi connectivity index (χ4v) is 2.54. The molecule has 0 radical (unpaired) electrons. The lowest BCUT2D eigenvalue weighted by atomic mass is 10.2. The molecule has 1 aromatic rings. The molecule has 2 fully saturated rings. The van der Waals surface area contributed by atoms with E-state index in [-0.39, 0.29) is 0 Å². The first-order valence-electron chi connectivity index (χ1n) is 6.38. The van der Waals surface area contributed by atoms with Crippen molar-refractivity contribution in [2.75, 3.05) is 42.5 Å². The van der Waals surface area contributed by atoms with Gasteiger partial charge in [0.2, 0.25) is 0 Å². The Morgan fingerprint density at radius 3 is 2.24 bits per heavy atom. The molecule has 0 spiro atoms. The van der Waals surface area contributed by atoms with Gasteiger partial charge in [-0.05, 0) is 31.0 Å². The normalized spacial score (nSPS) is 21.8. The minimum atomic E-state index is 0.672. The molecule has 0 amide bonds. The number of piperazine rings is 1. The highest BCUT2D eigenvalue weighted by molar-refractivity contribution is 5.69. The minimum Gasteiger partial charge on any atom is -0.397 e. The summed E-state index contributed by atoms with van der Waals surface area (Å²) in [6.07, 6.45) is 2.80. The summed E-state index contributed by atoms with van der Waals surface area (Å²) in [5.74, 6) is 0. The molecule has 0 unspecified atom stereocenters. The molecule has 0 atom stereocenters. The van der Waals surface area contributed by atoms with Gasteiger partial charge in [0, 0.05) is 37.9 Å². The van der Waals surface area contributed by atoms with E-state index in [9.17, 15) is 0 Å². The molecule has 4 heteroatoms. The van der Waals surface area contributed by atoms with Gasteiger partial charge in [0.1, 0.15) is 0 Å². The number of benzene rings is 1. The van der Waals surface area contributed by atoms with Crippen molar-refractivity contribution < 1.29 is 0 Å². The molecule has 1 aromatic carbocycles. The summed E-state index contributed by atoms with van der Waals surface area (Å²) >= 11 is 0. The van der Waals surface area contributed by atoms with E-state index in [0.717, 1.165) is 19.1 Å². The van der Waals surface area contributed by atoms with Crippen LogP contribution in [0.25, 0.3) is 0 Å². The van der Waals surface area contributed by atoms with Crippen LogP contribution in [0.2, 0.25) is 0 Å². The van der Waals surface area contributed by atoms with Crippen LogP contribution in [0.15, 0.2) is 18.2 Å². The topological polar surface area (TPSA) is 58.5 Å². The molecule has 3 rings (SSSR count). The van der Waals surface area contributed by atoms with E-state index in [0.29, 0.717) is 11.4 Å². The summed E-state index contributed by atoms with van der Waals surface area (Å²) < 4.78 is 0. The molecule has 92 valence electrons. The van der Waals surface area contributed by atoms with Gasteiger partial charge in [0.25, 0.3) is 0 Å². The Kier molecular flexibility index (Phi) is 2.59. The quantitative estimate of drug-likeness (QED) is 0.751. The highest BCUT2D eigenvalue weighted by atomic mass is 15.3. The van der Waals surface area contributed by atoms with E-state index in [4.69, 9.17) is 11.5 Å². The molecule has 0 bridgehead atoms. The molecule has 1 saturated heterocycles. The maximum absolute atomic E-state index is 5.85. The molecule has 1 saturated carbocycles. The summed E-state index contributed by atoms with van der Waals surface area (Å²) in [5.41, 5.74) is 14.1. The Hall–Kier alpha value is -1.42. The van der Waals surface area contributed by atoms with Gasteiger partial charge in [-0.1, -0.05) is 0 Å². The van der Waals surface area contributed by atoms with Crippen LogP contribution in [0.3, 0.4) is 0 Å². The van der Waals surface area contributed by atoms with Crippen molar-refractivity contribution >= 4 is 17.1 Å². The first kappa shape index (κ1) is 10.7. The lowest BCUT2D eigenvalue weighted by molar-refractivity contribution is 0.248. The van der Waals surface area contributed by atoms with Crippen molar-refractivity contribution in [2.24, 2.45) is 0 Å². The van der Waals surface area contributed by atoms with E-state index < -0.39 is 0 Å². The fourth-order valence-electron chi connectivity index (χ4n) is 2.54. The number of nitrogens with zero attached hydrogens (tertiary/aromatic N) is 2. The van der Waals surface area contributed by atoms with Crippen LogP contribution in [-0.2, 0) is 0 Å². The molecule has 1 aliphatic carbocycles. The number of nitrogen functional groups attached to an aromatic ring is 2. The van der Waals surface area contributed by atoms with Crippen LogP contribution in [0.1, 0.15) is 12.8 Å². The highest BCUT2D eigenvalue weighted by Gasteiger charge is 2.31. The zero-order valence-corrected chi connectivity index (χ0v) is 10.1. The van der Waals surface area contributed by atoms with Crippen molar-refractivity contribution in [2.45, 2.75) is 18.9 Å². The van der Waals surface area contributed by atoms with Crippen molar-refractivity contribution in [3.63, 3.8) is 0 Å². The van der Waals surface area contributed by atoms with Gasteiger partial charge in [0.05, 0.1) is 11.4 Å². The number of anilines is 3. The molecule has 1 aliphatic heterocycles. The van der Waals surface area contributed by atoms with Gasteiger partial charge in [-0.25, -0.2) is 0 Å². The Bertz CT molecular complexity index is 406. The summed E-state index contributed by atoms with van der Waals surface area (Å²) in [4.78, 5) is 5.01. The summed E-state index contributed by atoms with van der Waals surface area (Å²) in [5, 5.41) is 0. The third-order valence-corrected chi connectivity index (χ3v) is 3.81. The van der Waals surface area contributed by atoms with Crippen LogP contribution in [-0.4, -0.2) is 37.1 Å². The minimum absolute atomic E-state index is 0.672. The van der Waals surface area contributed by atoms with Gasteiger partial charge in [-0.3, -0.25) is 4.90 Å². The second-order valence-electron chi connectivity index (χ2n) is 5.07. The second kappa shape index (κ2) is 4.11. The van der Waals surface area contributed by atoms with Gasteiger partial charge < -0.3 is 16.4 Å². The molecule has 4 N–H and O–H groups in total. The van der Waals surface area contributed by atoms with Crippen LogP contribution in [0.4, 0.5) is 17.1 Å². The second-order valence-corrected chi connectivity index (χ2v) is 5.07. The van der Waals surface area contributed by atoms with Gasteiger partial charge >= 0.3 is 0 Å². The monoisotopic (exact) mass is 232 g/mol. The number of rotatable bonds is 2. The van der Waals surface area contributed by atoms with E-state index in [2.05, 4.69) is 15.9 Å². The predicted octanol–water partition coefficient (Wildman–Crippen LogP) is 1.14. The molecule has 4 nitrogen and oxygen atoms in total. The Morgan fingerprint density at radius 2 is 1.65 bits per heavy atom. The van der Waals surface area contributed by atoms with Crippen LogP contribution in [0.5, 0.6) is 0 Å². The van der Waals surface area contributed by atoms with Crippen LogP contribution >= 0.6 is 0 Å². The van der Waals surface area contributed by atoms with Crippen molar-refractivity contribution in [1.29, 1.82) is 0 Å². The van der Waals surface area contributed by atoms with Crippen molar-refractivity contribution in [1.82, 2.24) is 4.90 Å². The average molecular weight is 232 g/mol. The Morgan fingerprint density at radius 1 is 0.941 bits per heavy atom. The third kappa shape index (κ3) is 2.17. The van der Waals surface area contributed by atoms with Gasteiger partial charge in [0.15, 0.2) is 0 Å². The molecular formula is C13H20N4. The maximum Gasteiger partial charge on any atom is 0.0568 e. The predicted molar refractivity (Wildman–Crippen MR) is 72.1 cm³/mol. The lowest BCUT2D eigenvalue weighted by Crippen LogP contribution is -2.47. The Labute approximate surface area is 102 Å². The number of nitrogens with two attached hydrogens (primary N) is 2. The summed E-state index contributed by atoms with van der Waals surface area (Å²) in [6, 6.07) is 6.84. The fraction of sp³-hybridized carbons (Fsp3) is 0.538. The standard InChI is InChI=1S/C13H20N4/c14-12-4-3-11(9-13(12)15)17-7-5-16(6-8-17)10-1-2-10/h3-4,9-10H,1-2,5-8,14-15H2. The first-order chi connectivity index (χ1) is 8.24. The number of hydrogen-bond donors (Lipinski definition) is 2. The largest absolute Gasteiger partial charge is 0.397 e. The smallest absolute Gasteiger partial charge is 0.0568 e. The SMILES string of the molecule is Nc1ccc(N2CCN(C3CC3)CC2)cc1N. The van der Waals surface area contributed by atoms with Crippen molar-refractivity contribution in [3.8, 4) is 0 Å². The lowest BCUT2D eigenvalue weighted by Gasteiger charge is -2.36. The molecule has 2 aliphatic rings. The molecule has 1 heterocycles. The van der Waals surface area contributed by atoms with Crippen LogP contribution in [0, 0.1) is 0 Å². The van der Waals surface area contributed by atoms with E-state index in [1.54, 1.807) is 0 Å². The number of hydrogen-bond acceptors (Lipinski definition) is 4. The van der Waals surface area contributed by atoms with Gasteiger partial charge in [-0.2, -0.15) is 0 Å². The zero-order chi connectivity index (χ0) is 11.8. The maximum atomic E-state index is 5.85. The molecule has 17 heavy (non-hydrogen) atoms. The summed E-state index contributed by atoms with van der Waals surface area (Å²) in [7, 11) is 0. The first-order valence-corrected chi connectivity index (χ1v) is 6.38. The van der Waals surface area contributed by atoms with E-state index in [1.165, 1.54) is 31.6 Å². The molecular weight excluding hydrogens is 212 g/mol. The zero-order valence-electron chi connectivity index (χ0n) is 10.1. The highest BCUT2D eigenvalue weighted by Crippen LogP contribution is 2.29. The van der Waals surface area contributed by atoms with E-state index in [1.807, 2.05) is 12.1 Å². The van der Waals surface area contributed by atoms with E-state index >= 15 is 0 Å². The molecule has 0 aromatic heterocycles. The Balaban J connectivity index is 1.66. The average Bonchev–Trinajstić information content (AvgIpc) is 3.17. The third-order valence-electron chi connectivity index (χ3n) is 3.81. The van der Waals surface area contributed by atoms with Crippen molar-refractivity contribution in [3.05, 3.63) is 18.2 Å². The van der Waals surface area contributed by atoms with Gasteiger partial charge in [-0.15, -0.1) is 0 Å². The summed E-state index contributed by atoms with van der Waals surface area (Å²) in [6.45, 7) is 4.55.